The number of hydrogen-bond acceptors (Lipinski definition) is 6. The Hall–Kier alpha value is -1.73. The molecule has 1 aromatic rings. The molecule has 3 rings (SSSR count). The summed E-state index contributed by atoms with van der Waals surface area (Å²) >= 11 is 0. The summed E-state index contributed by atoms with van der Waals surface area (Å²) in [6, 6.07) is 4.15. The molecule has 7 nitrogen and oxygen atoms in total. The van der Waals surface area contributed by atoms with Crippen LogP contribution in [0.15, 0.2) is 18.3 Å². The lowest BCUT2D eigenvalue weighted by Gasteiger charge is -2.33. The molecule has 1 aliphatic carbocycles. The van der Waals surface area contributed by atoms with E-state index >= 15 is 0 Å². The fraction of sp³-hybridized carbons (Fsp3) is 0.722. The predicted molar refractivity (Wildman–Crippen MR) is 96.3 cm³/mol. The standard InChI is InChI=1S/C18H29N5O2/c24-18(21-15-5-2-1-3-6-15)8-10-23-11-12-25-16(14-23)13-19-17-7-4-9-20-22-17/h4,7,9,15-16H,1-3,5-6,8,10-14H2,(H,19,22)(H,21,24)/t16-/m1/s1. The fourth-order valence-corrected chi connectivity index (χ4v) is 3.53. The van der Waals surface area contributed by atoms with Gasteiger partial charge in [0, 0.05) is 44.8 Å². The van der Waals surface area contributed by atoms with E-state index in [1.807, 2.05) is 12.1 Å². The van der Waals surface area contributed by atoms with Crippen molar-refractivity contribution in [2.75, 3.05) is 38.1 Å². The first kappa shape index (κ1) is 18.1. The number of anilines is 1. The molecule has 0 spiro atoms. The average Bonchev–Trinajstić information content (AvgIpc) is 2.67. The minimum Gasteiger partial charge on any atom is -0.374 e. The largest absolute Gasteiger partial charge is 0.374 e. The van der Waals surface area contributed by atoms with Crippen LogP contribution in [0, 0.1) is 0 Å². The van der Waals surface area contributed by atoms with Gasteiger partial charge in [-0.25, -0.2) is 0 Å². The summed E-state index contributed by atoms with van der Waals surface area (Å²) in [5.74, 6) is 0.947. The Bertz CT molecular complexity index is 521. The van der Waals surface area contributed by atoms with E-state index in [0.717, 1.165) is 38.3 Å². The maximum absolute atomic E-state index is 12.1. The number of amides is 1. The molecule has 2 aliphatic rings. The molecule has 25 heavy (non-hydrogen) atoms. The number of hydrogen-bond donors (Lipinski definition) is 2. The number of nitrogens with zero attached hydrogens (tertiary/aromatic N) is 3. The van der Waals surface area contributed by atoms with Crippen LogP contribution in [-0.4, -0.2) is 65.9 Å². The quantitative estimate of drug-likeness (QED) is 0.777. The Morgan fingerprint density at radius 2 is 2.20 bits per heavy atom. The number of morpholine rings is 1. The number of ether oxygens (including phenoxy) is 1. The van der Waals surface area contributed by atoms with Crippen LogP contribution in [-0.2, 0) is 9.53 Å². The zero-order valence-corrected chi connectivity index (χ0v) is 14.8. The number of nitrogens with one attached hydrogen (secondary N) is 2. The molecule has 2 fully saturated rings. The minimum atomic E-state index is 0.108. The lowest BCUT2D eigenvalue weighted by molar-refractivity contribution is -0.122. The van der Waals surface area contributed by atoms with E-state index in [4.69, 9.17) is 4.74 Å². The molecule has 7 heteroatoms. The zero-order chi connectivity index (χ0) is 17.3. The Morgan fingerprint density at radius 1 is 1.32 bits per heavy atom. The highest BCUT2D eigenvalue weighted by Gasteiger charge is 2.21. The van der Waals surface area contributed by atoms with Crippen molar-refractivity contribution >= 4 is 11.7 Å². The van der Waals surface area contributed by atoms with Gasteiger partial charge in [0.1, 0.15) is 5.82 Å². The van der Waals surface area contributed by atoms with Crippen molar-refractivity contribution in [3.63, 3.8) is 0 Å². The van der Waals surface area contributed by atoms with Gasteiger partial charge in [-0.3, -0.25) is 9.69 Å². The van der Waals surface area contributed by atoms with Crippen molar-refractivity contribution in [3.05, 3.63) is 18.3 Å². The molecule has 2 heterocycles. The van der Waals surface area contributed by atoms with Crippen molar-refractivity contribution < 1.29 is 9.53 Å². The fourth-order valence-electron chi connectivity index (χ4n) is 3.53. The van der Waals surface area contributed by atoms with Gasteiger partial charge >= 0.3 is 0 Å². The molecule has 2 N–H and O–H groups in total. The summed E-state index contributed by atoms with van der Waals surface area (Å²) in [5, 5.41) is 14.3. The second-order valence-electron chi connectivity index (χ2n) is 6.94. The molecule has 1 aliphatic heterocycles. The second kappa shape index (κ2) is 9.68. The summed E-state index contributed by atoms with van der Waals surface area (Å²) in [6.45, 7) is 3.92. The van der Waals surface area contributed by atoms with E-state index in [2.05, 4.69) is 25.7 Å². The van der Waals surface area contributed by atoms with Gasteiger partial charge in [-0.1, -0.05) is 19.3 Å². The van der Waals surface area contributed by atoms with Gasteiger partial charge in [0.15, 0.2) is 0 Å². The number of carbonyl (C=O) groups is 1. The van der Waals surface area contributed by atoms with Gasteiger partial charge in [-0.05, 0) is 25.0 Å². The molecule has 0 unspecified atom stereocenters. The summed E-state index contributed by atoms with van der Waals surface area (Å²) in [4.78, 5) is 14.5. The zero-order valence-electron chi connectivity index (χ0n) is 14.8. The third-order valence-corrected chi connectivity index (χ3v) is 4.93. The molecular formula is C18H29N5O2. The summed E-state index contributed by atoms with van der Waals surface area (Å²) in [6.07, 6.45) is 8.41. The van der Waals surface area contributed by atoms with Crippen molar-refractivity contribution in [2.24, 2.45) is 0 Å². The first-order chi connectivity index (χ1) is 12.3. The van der Waals surface area contributed by atoms with Crippen LogP contribution in [0.1, 0.15) is 38.5 Å². The molecular weight excluding hydrogens is 318 g/mol. The number of rotatable bonds is 7. The van der Waals surface area contributed by atoms with Crippen LogP contribution >= 0.6 is 0 Å². The highest BCUT2D eigenvalue weighted by atomic mass is 16.5. The third kappa shape index (κ3) is 6.25. The summed E-state index contributed by atoms with van der Waals surface area (Å²) in [7, 11) is 0. The topological polar surface area (TPSA) is 79.4 Å². The highest BCUT2D eigenvalue weighted by Crippen LogP contribution is 2.17. The van der Waals surface area contributed by atoms with Crippen LogP contribution in [0.3, 0.4) is 0 Å². The maximum atomic E-state index is 12.1. The molecule has 0 radical (unpaired) electrons. The normalized spacial score (nSPS) is 22.5. The van der Waals surface area contributed by atoms with Gasteiger partial charge < -0.3 is 15.4 Å². The monoisotopic (exact) mass is 347 g/mol. The van der Waals surface area contributed by atoms with Crippen molar-refractivity contribution in [1.29, 1.82) is 0 Å². The predicted octanol–water partition coefficient (Wildman–Crippen LogP) is 1.43. The lowest BCUT2D eigenvalue weighted by Crippen LogP contribution is -2.46. The highest BCUT2D eigenvalue weighted by molar-refractivity contribution is 5.76. The number of carbonyl (C=O) groups excluding carboxylic acids is 1. The van der Waals surface area contributed by atoms with Crippen LogP contribution in [0.4, 0.5) is 5.82 Å². The van der Waals surface area contributed by atoms with E-state index < -0.39 is 0 Å². The molecule has 0 aromatic carbocycles. The summed E-state index contributed by atoms with van der Waals surface area (Å²) < 4.78 is 5.81. The Morgan fingerprint density at radius 3 is 3.00 bits per heavy atom. The first-order valence-corrected chi connectivity index (χ1v) is 9.44. The van der Waals surface area contributed by atoms with Gasteiger partial charge in [-0.15, -0.1) is 5.10 Å². The molecule has 1 saturated heterocycles. The van der Waals surface area contributed by atoms with E-state index in [9.17, 15) is 4.79 Å². The van der Waals surface area contributed by atoms with Crippen LogP contribution in [0.2, 0.25) is 0 Å². The SMILES string of the molecule is O=C(CCN1CCO[C@H](CNc2cccnn2)C1)NC1CCCCC1. The van der Waals surface area contributed by atoms with Gasteiger partial charge in [0.2, 0.25) is 5.91 Å². The van der Waals surface area contributed by atoms with Gasteiger partial charge in [0.25, 0.3) is 0 Å². The van der Waals surface area contributed by atoms with E-state index in [-0.39, 0.29) is 12.0 Å². The first-order valence-electron chi connectivity index (χ1n) is 9.44. The Labute approximate surface area is 149 Å². The summed E-state index contributed by atoms with van der Waals surface area (Å²) in [5.41, 5.74) is 0. The van der Waals surface area contributed by atoms with Crippen molar-refractivity contribution in [3.8, 4) is 0 Å². The van der Waals surface area contributed by atoms with E-state index in [0.29, 0.717) is 25.6 Å². The molecule has 1 amide bonds. The minimum absolute atomic E-state index is 0.108. The molecule has 1 aromatic heterocycles. The molecule has 1 atom stereocenters. The van der Waals surface area contributed by atoms with Crippen molar-refractivity contribution in [2.45, 2.75) is 50.7 Å². The third-order valence-electron chi connectivity index (χ3n) is 4.93. The van der Waals surface area contributed by atoms with Gasteiger partial charge in [-0.2, -0.15) is 5.10 Å². The Kier molecular flexibility index (Phi) is 6.99. The smallest absolute Gasteiger partial charge is 0.221 e. The van der Waals surface area contributed by atoms with E-state index in [1.165, 1.54) is 19.3 Å². The Balaban J connectivity index is 1.34. The van der Waals surface area contributed by atoms with Crippen LogP contribution in [0.5, 0.6) is 0 Å². The van der Waals surface area contributed by atoms with E-state index in [1.54, 1.807) is 6.20 Å². The molecule has 0 bridgehead atoms. The second-order valence-corrected chi connectivity index (χ2v) is 6.94. The lowest BCUT2D eigenvalue weighted by atomic mass is 9.95. The van der Waals surface area contributed by atoms with Gasteiger partial charge in [0.05, 0.1) is 12.7 Å². The average molecular weight is 347 g/mol. The molecule has 138 valence electrons. The maximum Gasteiger partial charge on any atom is 0.221 e. The molecule has 1 saturated carbocycles. The van der Waals surface area contributed by atoms with Crippen molar-refractivity contribution in [1.82, 2.24) is 20.4 Å². The van der Waals surface area contributed by atoms with Crippen LogP contribution < -0.4 is 10.6 Å². The number of aromatic nitrogens is 2. The van der Waals surface area contributed by atoms with Crippen LogP contribution in [0.25, 0.3) is 0 Å².